The van der Waals surface area contributed by atoms with Crippen molar-refractivity contribution in [3.05, 3.63) is 16.4 Å². The lowest BCUT2D eigenvalue weighted by atomic mass is 9.88. The van der Waals surface area contributed by atoms with Crippen molar-refractivity contribution in [3.8, 4) is 0 Å². The van der Waals surface area contributed by atoms with Crippen molar-refractivity contribution in [1.82, 2.24) is 20.0 Å². The number of hydrogen-bond donors (Lipinski definition) is 1. The fourth-order valence-electron chi connectivity index (χ4n) is 3.45. The lowest BCUT2D eigenvalue weighted by Gasteiger charge is -2.34. The average Bonchev–Trinajstić information content (AvgIpc) is 3.05. The van der Waals surface area contributed by atoms with Crippen molar-refractivity contribution in [2.75, 3.05) is 19.6 Å². The summed E-state index contributed by atoms with van der Waals surface area (Å²) in [5.74, 6) is 0.897. The highest BCUT2D eigenvalue weighted by molar-refractivity contribution is 9.10. The molecule has 3 rings (SSSR count). The predicted molar refractivity (Wildman–Crippen MR) is 79.9 cm³/mol. The molecule has 1 aromatic heterocycles. The topological polar surface area (TPSA) is 33.1 Å². The van der Waals surface area contributed by atoms with Crippen LogP contribution in [0.2, 0.25) is 0 Å². The largest absolute Gasteiger partial charge is 0.314 e. The minimum atomic E-state index is 0.797. The van der Waals surface area contributed by atoms with E-state index in [1.54, 1.807) is 0 Å². The summed E-state index contributed by atoms with van der Waals surface area (Å²) < 4.78 is 3.11. The van der Waals surface area contributed by atoms with Gasteiger partial charge < -0.3 is 5.32 Å². The molecule has 1 unspecified atom stereocenters. The molecule has 0 radical (unpaired) electrons. The van der Waals surface area contributed by atoms with E-state index in [4.69, 9.17) is 0 Å². The number of nitrogens with zero attached hydrogens (tertiary/aromatic N) is 3. The molecule has 5 heteroatoms. The third-order valence-corrected chi connectivity index (χ3v) is 5.35. The monoisotopic (exact) mass is 326 g/mol. The Labute approximate surface area is 123 Å². The summed E-state index contributed by atoms with van der Waals surface area (Å²) in [5, 5.41) is 7.96. The minimum Gasteiger partial charge on any atom is -0.314 e. The summed E-state index contributed by atoms with van der Waals surface area (Å²) in [6.07, 6.45) is 7.33. The molecule has 1 N–H and O–H groups in total. The van der Waals surface area contributed by atoms with E-state index in [1.165, 1.54) is 51.0 Å². The molecule has 2 saturated heterocycles. The fourth-order valence-corrected chi connectivity index (χ4v) is 3.93. The van der Waals surface area contributed by atoms with E-state index in [2.05, 4.69) is 31.2 Å². The van der Waals surface area contributed by atoms with Crippen LogP contribution < -0.4 is 5.32 Å². The molecule has 0 bridgehead atoms. The van der Waals surface area contributed by atoms with E-state index >= 15 is 0 Å². The van der Waals surface area contributed by atoms with Crippen LogP contribution in [0, 0.1) is 5.92 Å². The third-order valence-electron chi connectivity index (χ3n) is 4.68. The smallest absolute Gasteiger partial charge is 0.0663 e. The average molecular weight is 327 g/mol. The van der Waals surface area contributed by atoms with Crippen LogP contribution in [0.15, 0.2) is 10.7 Å². The van der Waals surface area contributed by atoms with Gasteiger partial charge in [-0.2, -0.15) is 5.10 Å². The molecule has 106 valence electrons. The summed E-state index contributed by atoms with van der Waals surface area (Å²) in [5.41, 5.74) is 1.29. The summed E-state index contributed by atoms with van der Waals surface area (Å²) in [6.45, 7) is 4.69. The van der Waals surface area contributed by atoms with Crippen LogP contribution in [0.1, 0.15) is 31.4 Å². The molecule has 2 aliphatic heterocycles. The second-order valence-electron chi connectivity index (χ2n) is 5.88. The minimum absolute atomic E-state index is 0.797. The van der Waals surface area contributed by atoms with Crippen LogP contribution in [-0.4, -0.2) is 40.4 Å². The second-order valence-corrected chi connectivity index (χ2v) is 6.73. The summed E-state index contributed by atoms with van der Waals surface area (Å²) in [6, 6.07) is 0.797. The first-order valence-electron chi connectivity index (χ1n) is 7.36. The maximum absolute atomic E-state index is 4.29. The van der Waals surface area contributed by atoms with Gasteiger partial charge in [0.2, 0.25) is 0 Å². The van der Waals surface area contributed by atoms with Gasteiger partial charge in [0.15, 0.2) is 0 Å². The van der Waals surface area contributed by atoms with Crippen LogP contribution in [0.3, 0.4) is 0 Å². The van der Waals surface area contributed by atoms with Crippen molar-refractivity contribution in [3.63, 3.8) is 0 Å². The standard InChI is InChI=1S/C14H23BrN4/c1-18-14(12(15)9-17-18)10-19-7-4-11(5-8-19)13-3-2-6-16-13/h9,11,13,16H,2-8,10H2,1H3. The van der Waals surface area contributed by atoms with Gasteiger partial charge in [0.1, 0.15) is 0 Å². The Hall–Kier alpha value is -0.390. The van der Waals surface area contributed by atoms with E-state index in [0.717, 1.165) is 23.0 Å². The molecule has 19 heavy (non-hydrogen) atoms. The van der Waals surface area contributed by atoms with Crippen LogP contribution >= 0.6 is 15.9 Å². The molecule has 0 aliphatic carbocycles. The van der Waals surface area contributed by atoms with Gasteiger partial charge in [0.05, 0.1) is 16.4 Å². The van der Waals surface area contributed by atoms with Gasteiger partial charge in [-0.3, -0.25) is 9.58 Å². The van der Waals surface area contributed by atoms with Gasteiger partial charge in [-0.05, 0) is 67.2 Å². The zero-order valence-corrected chi connectivity index (χ0v) is 13.2. The lowest BCUT2D eigenvalue weighted by molar-refractivity contribution is 0.154. The summed E-state index contributed by atoms with van der Waals surface area (Å²) in [7, 11) is 2.02. The number of rotatable bonds is 3. The first kappa shape index (κ1) is 13.6. The van der Waals surface area contributed by atoms with Gasteiger partial charge in [-0.1, -0.05) is 0 Å². The highest BCUT2D eigenvalue weighted by Gasteiger charge is 2.28. The number of aromatic nitrogens is 2. The SMILES string of the molecule is Cn1ncc(Br)c1CN1CCC(C2CCCN2)CC1. The lowest BCUT2D eigenvalue weighted by Crippen LogP contribution is -2.40. The van der Waals surface area contributed by atoms with Gasteiger partial charge >= 0.3 is 0 Å². The number of likely N-dealkylation sites (tertiary alicyclic amines) is 1. The first-order valence-corrected chi connectivity index (χ1v) is 8.15. The molecule has 1 aromatic rings. The molecule has 0 amide bonds. The maximum Gasteiger partial charge on any atom is 0.0663 e. The van der Waals surface area contributed by atoms with Crippen molar-refractivity contribution < 1.29 is 0 Å². The van der Waals surface area contributed by atoms with Crippen molar-refractivity contribution in [1.29, 1.82) is 0 Å². The molecule has 2 aliphatic rings. The maximum atomic E-state index is 4.29. The molecule has 4 nitrogen and oxygen atoms in total. The van der Waals surface area contributed by atoms with Crippen LogP contribution in [0.5, 0.6) is 0 Å². The highest BCUT2D eigenvalue weighted by Crippen LogP contribution is 2.27. The summed E-state index contributed by atoms with van der Waals surface area (Å²) >= 11 is 3.59. The number of halogens is 1. The Morgan fingerprint density at radius 2 is 2.16 bits per heavy atom. The molecule has 2 fully saturated rings. The van der Waals surface area contributed by atoms with E-state index in [1.807, 2.05) is 17.9 Å². The number of piperidine rings is 1. The first-order chi connectivity index (χ1) is 9.24. The molecular formula is C14H23BrN4. The Kier molecular flexibility index (Phi) is 4.24. The van der Waals surface area contributed by atoms with E-state index < -0.39 is 0 Å². The summed E-state index contributed by atoms with van der Waals surface area (Å²) in [4.78, 5) is 2.56. The van der Waals surface area contributed by atoms with E-state index in [9.17, 15) is 0 Å². The zero-order chi connectivity index (χ0) is 13.2. The van der Waals surface area contributed by atoms with Crippen molar-refractivity contribution in [2.45, 2.75) is 38.3 Å². The van der Waals surface area contributed by atoms with Gasteiger partial charge in [-0.25, -0.2) is 0 Å². The number of nitrogens with one attached hydrogen (secondary N) is 1. The van der Waals surface area contributed by atoms with Crippen molar-refractivity contribution in [2.24, 2.45) is 13.0 Å². The normalized spacial score (nSPS) is 26.1. The number of aryl methyl sites for hydroxylation is 1. The predicted octanol–water partition coefficient (Wildman–Crippen LogP) is 2.15. The zero-order valence-electron chi connectivity index (χ0n) is 11.6. The Bertz CT molecular complexity index is 398. The molecule has 3 heterocycles. The Balaban J connectivity index is 1.53. The highest BCUT2D eigenvalue weighted by atomic mass is 79.9. The van der Waals surface area contributed by atoms with Crippen LogP contribution in [0.25, 0.3) is 0 Å². The molecule has 0 saturated carbocycles. The molecule has 0 spiro atoms. The Morgan fingerprint density at radius 3 is 2.74 bits per heavy atom. The van der Waals surface area contributed by atoms with E-state index in [-0.39, 0.29) is 0 Å². The third kappa shape index (κ3) is 3.03. The van der Waals surface area contributed by atoms with Gasteiger partial charge in [0.25, 0.3) is 0 Å². The van der Waals surface area contributed by atoms with Crippen LogP contribution in [0.4, 0.5) is 0 Å². The molecule has 0 aromatic carbocycles. The van der Waals surface area contributed by atoms with Crippen molar-refractivity contribution >= 4 is 15.9 Å². The van der Waals surface area contributed by atoms with E-state index in [0.29, 0.717) is 0 Å². The van der Waals surface area contributed by atoms with Crippen LogP contribution in [-0.2, 0) is 13.6 Å². The Morgan fingerprint density at radius 1 is 1.37 bits per heavy atom. The second kappa shape index (κ2) is 5.94. The number of hydrogen-bond acceptors (Lipinski definition) is 3. The molecular weight excluding hydrogens is 304 g/mol. The van der Waals surface area contributed by atoms with Gasteiger partial charge in [-0.15, -0.1) is 0 Å². The fraction of sp³-hybridized carbons (Fsp3) is 0.786. The van der Waals surface area contributed by atoms with Gasteiger partial charge in [0, 0.05) is 19.6 Å². The molecule has 1 atom stereocenters. The quantitative estimate of drug-likeness (QED) is 0.923.